The second kappa shape index (κ2) is 7.66. The number of nitrogens with zero attached hydrogens (tertiary/aromatic N) is 1. The topological polar surface area (TPSA) is 111 Å². The van der Waals surface area contributed by atoms with Crippen molar-refractivity contribution in [3.05, 3.63) is 10.1 Å². The monoisotopic (exact) mass is 331 g/mol. The van der Waals surface area contributed by atoms with E-state index in [1.54, 1.807) is 0 Å². The van der Waals surface area contributed by atoms with E-state index in [1.165, 1.54) is 0 Å². The Hall–Kier alpha value is -1.51. The fraction of sp³-hybridized carbons (Fsp3) is 0.846. The lowest BCUT2D eigenvalue weighted by atomic mass is 9.82. The van der Waals surface area contributed by atoms with E-state index >= 15 is 0 Å². The van der Waals surface area contributed by atoms with E-state index in [1.807, 2.05) is 6.92 Å². The summed E-state index contributed by atoms with van der Waals surface area (Å²) in [6.45, 7) is 2.58. The van der Waals surface area contributed by atoms with E-state index < -0.39 is 5.09 Å². The minimum Gasteiger partial charge on any atom is -0.355 e. The quantitative estimate of drug-likeness (QED) is 0.561. The molecule has 22 heavy (non-hydrogen) atoms. The molecule has 0 bridgehead atoms. The minimum atomic E-state index is -0.748. The van der Waals surface area contributed by atoms with Gasteiger partial charge in [-0.15, -0.1) is 10.1 Å². The first kappa shape index (κ1) is 16.9. The molecule has 1 saturated carbocycles. The molecular weight excluding hydrogens is 310 g/mol. The lowest BCUT2D eigenvalue weighted by Crippen LogP contribution is -2.42. The molecule has 2 rings (SSSR count). The zero-order chi connectivity index (χ0) is 16.1. The summed E-state index contributed by atoms with van der Waals surface area (Å²) in [5, 5.41) is 14.5. The van der Waals surface area contributed by atoms with Gasteiger partial charge in [-0.25, -0.2) is 0 Å². The maximum Gasteiger partial charge on any atom is 0.294 e. The van der Waals surface area contributed by atoms with E-state index in [9.17, 15) is 19.7 Å². The van der Waals surface area contributed by atoms with E-state index in [-0.39, 0.29) is 35.0 Å². The molecule has 1 heterocycles. The lowest BCUT2D eigenvalue weighted by Gasteiger charge is -2.28. The molecule has 124 valence electrons. The van der Waals surface area contributed by atoms with Gasteiger partial charge in [-0.2, -0.15) is 0 Å². The van der Waals surface area contributed by atoms with Gasteiger partial charge < -0.3 is 15.5 Å². The highest BCUT2D eigenvalue weighted by Gasteiger charge is 2.35. The number of carbonyl (C=O) groups excluding carboxylic acids is 2. The largest absolute Gasteiger partial charge is 0.355 e. The molecule has 2 fully saturated rings. The number of hydrogen-bond donors (Lipinski definition) is 2. The first-order valence-corrected chi connectivity index (χ1v) is 8.36. The molecule has 0 aromatic heterocycles. The third-order valence-corrected chi connectivity index (χ3v) is 5.45. The Balaban J connectivity index is 1.65. The normalized spacial score (nSPS) is 31.4. The molecule has 0 aromatic rings. The minimum absolute atomic E-state index is 0.102. The summed E-state index contributed by atoms with van der Waals surface area (Å²) in [5.74, 6) is 0.514. The van der Waals surface area contributed by atoms with Crippen molar-refractivity contribution in [2.45, 2.75) is 43.9 Å². The number of nitrogens with one attached hydrogen (secondary N) is 2. The average Bonchev–Trinajstić information content (AvgIpc) is 2.82. The van der Waals surface area contributed by atoms with Gasteiger partial charge in [-0.3, -0.25) is 9.59 Å². The highest BCUT2D eigenvalue weighted by atomic mass is 32.2. The molecule has 2 unspecified atom stereocenters. The number of hydrogen-bond acceptors (Lipinski definition) is 6. The first-order valence-electron chi connectivity index (χ1n) is 7.48. The van der Waals surface area contributed by atoms with E-state index in [4.69, 9.17) is 0 Å². The Kier molecular flexibility index (Phi) is 5.87. The maximum atomic E-state index is 12.1. The summed E-state index contributed by atoms with van der Waals surface area (Å²) in [4.78, 5) is 37.9. The standard InChI is InChI=1S/C13H21N3O5S/c1-8-11(22-13(18)15-8)12(17)14-6-9-2-4-10(5-3-9)7-21-16(19)20/h8-11H,2-7H2,1H3,(H,14,17)(H,15,18). The van der Waals surface area contributed by atoms with Gasteiger partial charge in [0, 0.05) is 12.6 Å². The molecule has 2 amide bonds. The Bertz CT molecular complexity index is 439. The predicted octanol–water partition coefficient (Wildman–Crippen LogP) is 1.33. The second-order valence-corrected chi connectivity index (χ2v) is 7.02. The van der Waals surface area contributed by atoms with Crippen LogP contribution in [0.3, 0.4) is 0 Å². The molecule has 1 aliphatic carbocycles. The maximum absolute atomic E-state index is 12.1. The number of carbonyl (C=O) groups is 2. The van der Waals surface area contributed by atoms with Crippen LogP contribution in [0, 0.1) is 22.0 Å². The molecule has 9 heteroatoms. The van der Waals surface area contributed by atoms with Crippen molar-refractivity contribution in [2.24, 2.45) is 11.8 Å². The van der Waals surface area contributed by atoms with Gasteiger partial charge in [0.2, 0.25) is 5.91 Å². The van der Waals surface area contributed by atoms with Crippen LogP contribution in [0.25, 0.3) is 0 Å². The van der Waals surface area contributed by atoms with Crippen molar-refractivity contribution >= 4 is 22.9 Å². The van der Waals surface area contributed by atoms with Gasteiger partial charge in [0.1, 0.15) is 5.25 Å². The Morgan fingerprint density at radius 1 is 1.41 bits per heavy atom. The summed E-state index contributed by atoms with van der Waals surface area (Å²) < 4.78 is 0. The summed E-state index contributed by atoms with van der Waals surface area (Å²) >= 11 is 1.04. The Labute approximate surface area is 132 Å². The van der Waals surface area contributed by atoms with Crippen LogP contribution in [0.5, 0.6) is 0 Å². The predicted molar refractivity (Wildman–Crippen MR) is 80.8 cm³/mol. The molecule has 1 saturated heterocycles. The Morgan fingerprint density at radius 3 is 2.59 bits per heavy atom. The van der Waals surface area contributed by atoms with Crippen molar-refractivity contribution in [1.29, 1.82) is 0 Å². The summed E-state index contributed by atoms with van der Waals surface area (Å²) in [6.07, 6.45) is 3.61. The van der Waals surface area contributed by atoms with Crippen molar-refractivity contribution in [2.75, 3.05) is 13.2 Å². The molecule has 0 radical (unpaired) electrons. The van der Waals surface area contributed by atoms with Crippen LogP contribution in [0.4, 0.5) is 4.79 Å². The zero-order valence-electron chi connectivity index (χ0n) is 12.4. The van der Waals surface area contributed by atoms with Crippen LogP contribution in [-0.2, 0) is 9.63 Å². The van der Waals surface area contributed by atoms with Crippen molar-refractivity contribution < 1.29 is 19.5 Å². The smallest absolute Gasteiger partial charge is 0.294 e. The molecule has 2 aliphatic rings. The third-order valence-electron chi connectivity index (χ3n) is 4.24. The molecule has 2 atom stereocenters. The zero-order valence-corrected chi connectivity index (χ0v) is 13.3. The fourth-order valence-electron chi connectivity index (χ4n) is 2.91. The van der Waals surface area contributed by atoms with Gasteiger partial charge in [0.25, 0.3) is 10.3 Å². The van der Waals surface area contributed by atoms with Crippen LogP contribution < -0.4 is 10.6 Å². The van der Waals surface area contributed by atoms with Crippen LogP contribution in [-0.4, -0.2) is 40.7 Å². The van der Waals surface area contributed by atoms with E-state index in [2.05, 4.69) is 15.5 Å². The third kappa shape index (κ3) is 4.75. The fourth-order valence-corrected chi connectivity index (χ4v) is 3.85. The summed E-state index contributed by atoms with van der Waals surface area (Å²) in [7, 11) is 0. The number of amides is 2. The highest BCUT2D eigenvalue weighted by molar-refractivity contribution is 8.15. The van der Waals surface area contributed by atoms with Crippen LogP contribution in [0.2, 0.25) is 0 Å². The molecule has 8 nitrogen and oxygen atoms in total. The van der Waals surface area contributed by atoms with Gasteiger partial charge in [0.15, 0.2) is 0 Å². The van der Waals surface area contributed by atoms with Crippen molar-refractivity contribution in [3.63, 3.8) is 0 Å². The second-order valence-electron chi connectivity index (χ2n) is 5.91. The van der Waals surface area contributed by atoms with Crippen molar-refractivity contribution in [1.82, 2.24) is 10.6 Å². The molecule has 0 aromatic carbocycles. The van der Waals surface area contributed by atoms with Gasteiger partial charge in [-0.1, -0.05) is 0 Å². The first-order chi connectivity index (χ1) is 10.5. The van der Waals surface area contributed by atoms with E-state index in [0.717, 1.165) is 37.4 Å². The van der Waals surface area contributed by atoms with E-state index in [0.29, 0.717) is 12.5 Å². The van der Waals surface area contributed by atoms with Crippen LogP contribution in [0.15, 0.2) is 0 Å². The van der Waals surface area contributed by atoms with Crippen LogP contribution >= 0.6 is 11.8 Å². The summed E-state index contributed by atoms with van der Waals surface area (Å²) in [5.41, 5.74) is 0. The van der Waals surface area contributed by atoms with Gasteiger partial charge in [0.05, 0.1) is 6.61 Å². The summed E-state index contributed by atoms with van der Waals surface area (Å²) in [6, 6.07) is -0.146. The highest BCUT2D eigenvalue weighted by Crippen LogP contribution is 2.29. The number of thioether (sulfide) groups is 1. The van der Waals surface area contributed by atoms with Gasteiger partial charge >= 0.3 is 0 Å². The molecule has 2 N–H and O–H groups in total. The van der Waals surface area contributed by atoms with Crippen molar-refractivity contribution in [3.8, 4) is 0 Å². The lowest BCUT2D eigenvalue weighted by molar-refractivity contribution is -0.759. The van der Waals surface area contributed by atoms with Gasteiger partial charge in [-0.05, 0) is 56.2 Å². The Morgan fingerprint density at radius 2 is 2.05 bits per heavy atom. The van der Waals surface area contributed by atoms with Crippen LogP contribution in [0.1, 0.15) is 32.6 Å². The molecule has 1 aliphatic heterocycles. The number of rotatable bonds is 6. The average molecular weight is 331 g/mol. The molecule has 0 spiro atoms. The molecular formula is C13H21N3O5S. The SMILES string of the molecule is CC1NC(=O)SC1C(=O)NCC1CCC(CO[N+](=O)[O-])CC1.